The highest BCUT2D eigenvalue weighted by atomic mass is 16.5. The van der Waals surface area contributed by atoms with Crippen LogP contribution in [0.15, 0.2) is 54.7 Å². The van der Waals surface area contributed by atoms with Gasteiger partial charge in [-0.05, 0) is 53.9 Å². The summed E-state index contributed by atoms with van der Waals surface area (Å²) in [6.45, 7) is 2.03. The van der Waals surface area contributed by atoms with Crippen LogP contribution in [0.4, 0.5) is 0 Å². The Labute approximate surface area is 123 Å². The van der Waals surface area contributed by atoms with E-state index in [1.165, 1.54) is 7.11 Å². The quantitative estimate of drug-likeness (QED) is 0.665. The first-order valence-electron chi connectivity index (χ1n) is 6.72. The Balaban J connectivity index is 2.01. The highest BCUT2D eigenvalue weighted by Gasteiger charge is 2.06. The summed E-state index contributed by atoms with van der Waals surface area (Å²) in [5.74, 6) is -0.320. The number of hydrogen-bond donors (Lipinski definition) is 0. The van der Waals surface area contributed by atoms with Crippen molar-refractivity contribution in [2.24, 2.45) is 0 Å². The molecule has 3 rings (SSSR count). The van der Waals surface area contributed by atoms with E-state index in [4.69, 9.17) is 4.74 Å². The van der Waals surface area contributed by atoms with E-state index in [0.717, 1.165) is 27.6 Å². The van der Waals surface area contributed by atoms with Crippen LogP contribution in [0.5, 0.6) is 0 Å². The molecule has 0 amide bonds. The van der Waals surface area contributed by atoms with E-state index in [9.17, 15) is 4.79 Å². The maximum Gasteiger partial charge on any atom is 0.337 e. The minimum absolute atomic E-state index is 0.320. The van der Waals surface area contributed by atoms with Crippen LogP contribution in [0.25, 0.3) is 22.0 Å². The lowest BCUT2D eigenvalue weighted by Gasteiger charge is -2.06. The van der Waals surface area contributed by atoms with E-state index in [0.29, 0.717) is 5.56 Å². The standard InChI is InChI=1S/C18H15NO2/c1-12-9-16-10-15(7-8-17(16)19-11-12)13-3-5-14(6-4-13)18(20)21-2/h3-11H,1-2H3. The molecule has 1 aromatic heterocycles. The Hall–Kier alpha value is -2.68. The van der Waals surface area contributed by atoms with Crippen LogP contribution in [-0.2, 0) is 4.74 Å². The predicted molar refractivity (Wildman–Crippen MR) is 83.3 cm³/mol. The Bertz CT molecular complexity index is 807. The second-order valence-corrected chi connectivity index (χ2v) is 4.99. The Morgan fingerprint density at radius 2 is 1.71 bits per heavy atom. The molecular formula is C18H15NO2. The number of ether oxygens (including phenoxy) is 1. The van der Waals surface area contributed by atoms with Gasteiger partial charge in [0.1, 0.15) is 0 Å². The number of carbonyl (C=O) groups is 1. The van der Waals surface area contributed by atoms with E-state index in [-0.39, 0.29) is 5.97 Å². The average molecular weight is 277 g/mol. The molecule has 2 aromatic carbocycles. The van der Waals surface area contributed by atoms with Crippen molar-refractivity contribution in [2.45, 2.75) is 6.92 Å². The van der Waals surface area contributed by atoms with Gasteiger partial charge in [0.25, 0.3) is 0 Å². The SMILES string of the molecule is COC(=O)c1ccc(-c2ccc3ncc(C)cc3c2)cc1. The molecule has 3 nitrogen and oxygen atoms in total. The van der Waals surface area contributed by atoms with Gasteiger partial charge in [-0.2, -0.15) is 0 Å². The van der Waals surface area contributed by atoms with Crippen LogP contribution in [0.3, 0.4) is 0 Å². The summed E-state index contributed by atoms with van der Waals surface area (Å²) in [4.78, 5) is 15.8. The van der Waals surface area contributed by atoms with Crippen LogP contribution in [0.1, 0.15) is 15.9 Å². The van der Waals surface area contributed by atoms with Crippen LogP contribution in [-0.4, -0.2) is 18.1 Å². The smallest absolute Gasteiger partial charge is 0.337 e. The van der Waals surface area contributed by atoms with Gasteiger partial charge in [-0.3, -0.25) is 4.98 Å². The van der Waals surface area contributed by atoms with E-state index < -0.39 is 0 Å². The molecule has 0 unspecified atom stereocenters. The molecule has 0 aliphatic rings. The molecule has 0 aliphatic carbocycles. The topological polar surface area (TPSA) is 39.2 Å². The molecule has 0 radical (unpaired) electrons. The zero-order valence-corrected chi connectivity index (χ0v) is 12.0. The zero-order chi connectivity index (χ0) is 14.8. The molecule has 0 saturated heterocycles. The minimum atomic E-state index is -0.320. The number of nitrogens with zero attached hydrogens (tertiary/aromatic N) is 1. The van der Waals surface area contributed by atoms with Crippen molar-refractivity contribution in [3.8, 4) is 11.1 Å². The summed E-state index contributed by atoms with van der Waals surface area (Å²) in [5.41, 5.74) is 4.84. The van der Waals surface area contributed by atoms with Gasteiger partial charge in [0.15, 0.2) is 0 Å². The fourth-order valence-corrected chi connectivity index (χ4v) is 2.34. The number of aryl methyl sites for hydroxylation is 1. The molecule has 21 heavy (non-hydrogen) atoms. The van der Waals surface area contributed by atoms with Crippen molar-refractivity contribution in [3.63, 3.8) is 0 Å². The molecule has 0 N–H and O–H groups in total. The lowest BCUT2D eigenvalue weighted by atomic mass is 10.0. The van der Waals surface area contributed by atoms with E-state index in [2.05, 4.69) is 17.1 Å². The van der Waals surface area contributed by atoms with Crippen molar-refractivity contribution in [3.05, 3.63) is 65.9 Å². The molecule has 3 aromatic rings. The first-order chi connectivity index (χ1) is 10.2. The predicted octanol–water partition coefficient (Wildman–Crippen LogP) is 4.00. The van der Waals surface area contributed by atoms with Gasteiger partial charge in [0.05, 0.1) is 18.2 Å². The highest BCUT2D eigenvalue weighted by Crippen LogP contribution is 2.24. The summed E-state index contributed by atoms with van der Waals surface area (Å²) in [5, 5.41) is 1.12. The summed E-state index contributed by atoms with van der Waals surface area (Å²) in [6, 6.07) is 15.7. The monoisotopic (exact) mass is 277 g/mol. The Morgan fingerprint density at radius 3 is 2.43 bits per heavy atom. The van der Waals surface area contributed by atoms with Gasteiger partial charge in [0, 0.05) is 11.6 Å². The van der Waals surface area contributed by atoms with Crippen molar-refractivity contribution in [1.29, 1.82) is 0 Å². The number of esters is 1. The van der Waals surface area contributed by atoms with Gasteiger partial charge >= 0.3 is 5.97 Å². The van der Waals surface area contributed by atoms with E-state index >= 15 is 0 Å². The second-order valence-electron chi connectivity index (χ2n) is 4.99. The number of hydrogen-bond acceptors (Lipinski definition) is 3. The fourth-order valence-electron chi connectivity index (χ4n) is 2.34. The van der Waals surface area contributed by atoms with Crippen molar-refractivity contribution >= 4 is 16.9 Å². The van der Waals surface area contributed by atoms with Gasteiger partial charge in [-0.1, -0.05) is 18.2 Å². The number of fused-ring (bicyclic) bond motifs is 1. The van der Waals surface area contributed by atoms with Crippen LogP contribution >= 0.6 is 0 Å². The summed E-state index contributed by atoms with van der Waals surface area (Å²) in [7, 11) is 1.38. The molecule has 0 aliphatic heterocycles. The van der Waals surface area contributed by atoms with Crippen molar-refractivity contribution in [2.75, 3.05) is 7.11 Å². The molecule has 3 heteroatoms. The lowest BCUT2D eigenvalue weighted by molar-refractivity contribution is 0.0601. The molecule has 1 heterocycles. The number of pyridine rings is 1. The number of rotatable bonds is 2. The maximum absolute atomic E-state index is 11.4. The average Bonchev–Trinajstić information content (AvgIpc) is 2.53. The first kappa shape index (κ1) is 13.3. The third kappa shape index (κ3) is 2.63. The van der Waals surface area contributed by atoms with Crippen LogP contribution in [0, 0.1) is 6.92 Å². The highest BCUT2D eigenvalue weighted by molar-refractivity contribution is 5.90. The van der Waals surface area contributed by atoms with E-state index in [1.807, 2.05) is 37.4 Å². The number of aromatic nitrogens is 1. The lowest BCUT2D eigenvalue weighted by Crippen LogP contribution is -2.00. The molecule has 0 atom stereocenters. The molecular weight excluding hydrogens is 262 g/mol. The van der Waals surface area contributed by atoms with Gasteiger partial charge in [-0.15, -0.1) is 0 Å². The second kappa shape index (κ2) is 5.37. The largest absolute Gasteiger partial charge is 0.465 e. The fraction of sp³-hybridized carbons (Fsp3) is 0.111. The van der Waals surface area contributed by atoms with E-state index in [1.54, 1.807) is 12.1 Å². The molecule has 104 valence electrons. The Morgan fingerprint density at radius 1 is 1.00 bits per heavy atom. The zero-order valence-electron chi connectivity index (χ0n) is 12.0. The molecule has 0 saturated carbocycles. The molecule has 0 fully saturated rings. The van der Waals surface area contributed by atoms with Gasteiger partial charge in [0.2, 0.25) is 0 Å². The van der Waals surface area contributed by atoms with Gasteiger partial charge < -0.3 is 4.74 Å². The Kier molecular flexibility index (Phi) is 3.40. The summed E-state index contributed by atoms with van der Waals surface area (Å²) >= 11 is 0. The third-order valence-corrected chi connectivity index (χ3v) is 3.46. The van der Waals surface area contributed by atoms with Gasteiger partial charge in [-0.25, -0.2) is 4.79 Å². The van der Waals surface area contributed by atoms with Crippen LogP contribution < -0.4 is 0 Å². The number of benzene rings is 2. The van der Waals surface area contributed by atoms with Crippen molar-refractivity contribution in [1.82, 2.24) is 4.98 Å². The van der Waals surface area contributed by atoms with Crippen LogP contribution in [0.2, 0.25) is 0 Å². The number of carbonyl (C=O) groups excluding carboxylic acids is 1. The third-order valence-electron chi connectivity index (χ3n) is 3.46. The molecule has 0 bridgehead atoms. The molecule has 0 spiro atoms. The number of methoxy groups -OCH3 is 1. The van der Waals surface area contributed by atoms with Crippen molar-refractivity contribution < 1.29 is 9.53 Å². The first-order valence-corrected chi connectivity index (χ1v) is 6.72. The summed E-state index contributed by atoms with van der Waals surface area (Å²) in [6.07, 6.45) is 1.87. The minimum Gasteiger partial charge on any atom is -0.465 e. The maximum atomic E-state index is 11.4. The normalized spacial score (nSPS) is 10.6. The summed E-state index contributed by atoms with van der Waals surface area (Å²) < 4.78 is 4.71.